The summed E-state index contributed by atoms with van der Waals surface area (Å²) in [4.78, 5) is 0. The molecule has 0 bridgehead atoms. The van der Waals surface area contributed by atoms with E-state index in [4.69, 9.17) is 11.6 Å². The van der Waals surface area contributed by atoms with E-state index in [0.717, 1.165) is 27.0 Å². The molecule has 0 N–H and O–H groups in total. The molecule has 0 saturated carbocycles. The van der Waals surface area contributed by atoms with Crippen LogP contribution in [0.25, 0.3) is 22.5 Å². The maximum Gasteiger partial charge on any atom is 0.0930 e. The maximum absolute atomic E-state index is 5.88. The van der Waals surface area contributed by atoms with Gasteiger partial charge >= 0.3 is 0 Å². The van der Waals surface area contributed by atoms with Crippen molar-refractivity contribution >= 4 is 27.5 Å². The summed E-state index contributed by atoms with van der Waals surface area (Å²) in [7, 11) is 0. The van der Waals surface area contributed by atoms with Crippen molar-refractivity contribution in [1.82, 2.24) is 10.2 Å². The minimum atomic E-state index is 0.716. The first-order chi connectivity index (χ1) is 9.72. The molecular weight excluding hydrogens is 336 g/mol. The number of rotatable bonds is 2. The minimum Gasteiger partial charge on any atom is -0.150 e. The first-order valence-corrected chi connectivity index (χ1v) is 7.25. The molecule has 0 aliphatic heterocycles. The highest BCUT2D eigenvalue weighted by Gasteiger charge is 2.03. The molecule has 0 aliphatic rings. The third-order valence-electron chi connectivity index (χ3n) is 2.94. The Morgan fingerprint density at radius 3 is 1.55 bits per heavy atom. The van der Waals surface area contributed by atoms with Crippen molar-refractivity contribution in [2.75, 3.05) is 0 Å². The molecule has 0 atom stereocenters. The van der Waals surface area contributed by atoms with Gasteiger partial charge in [0.2, 0.25) is 0 Å². The van der Waals surface area contributed by atoms with Crippen molar-refractivity contribution in [2.24, 2.45) is 0 Å². The van der Waals surface area contributed by atoms with Gasteiger partial charge in [0.15, 0.2) is 0 Å². The molecule has 20 heavy (non-hydrogen) atoms. The first kappa shape index (κ1) is 13.3. The predicted molar refractivity (Wildman–Crippen MR) is 85.6 cm³/mol. The van der Waals surface area contributed by atoms with Crippen LogP contribution in [0.1, 0.15) is 0 Å². The summed E-state index contributed by atoms with van der Waals surface area (Å²) < 4.78 is 1.05. The molecule has 2 nitrogen and oxygen atoms in total. The molecule has 0 aliphatic carbocycles. The molecule has 98 valence electrons. The molecular formula is C16H10BrClN2. The quantitative estimate of drug-likeness (QED) is 0.636. The van der Waals surface area contributed by atoms with E-state index in [-0.39, 0.29) is 0 Å². The summed E-state index contributed by atoms with van der Waals surface area (Å²) >= 11 is 9.30. The highest BCUT2D eigenvalue weighted by atomic mass is 79.9. The van der Waals surface area contributed by atoms with E-state index in [2.05, 4.69) is 26.1 Å². The lowest BCUT2D eigenvalue weighted by molar-refractivity contribution is 1.04. The topological polar surface area (TPSA) is 25.8 Å². The number of benzene rings is 2. The molecule has 3 rings (SSSR count). The largest absolute Gasteiger partial charge is 0.150 e. The van der Waals surface area contributed by atoms with E-state index in [0.29, 0.717) is 5.02 Å². The Labute approximate surface area is 130 Å². The average Bonchev–Trinajstić information content (AvgIpc) is 2.49. The minimum absolute atomic E-state index is 0.716. The van der Waals surface area contributed by atoms with Gasteiger partial charge in [-0.3, -0.25) is 0 Å². The van der Waals surface area contributed by atoms with E-state index in [1.54, 1.807) is 0 Å². The molecule has 3 aromatic rings. The van der Waals surface area contributed by atoms with Gasteiger partial charge in [0, 0.05) is 20.6 Å². The van der Waals surface area contributed by atoms with Crippen molar-refractivity contribution in [3.05, 3.63) is 70.2 Å². The first-order valence-electron chi connectivity index (χ1n) is 6.08. The summed E-state index contributed by atoms with van der Waals surface area (Å²) in [5.74, 6) is 0. The predicted octanol–water partition coefficient (Wildman–Crippen LogP) is 5.23. The van der Waals surface area contributed by atoms with Crippen molar-refractivity contribution < 1.29 is 0 Å². The van der Waals surface area contributed by atoms with Crippen LogP contribution in [0.15, 0.2) is 65.1 Å². The lowest BCUT2D eigenvalue weighted by atomic mass is 10.1. The number of hydrogen-bond acceptors (Lipinski definition) is 2. The zero-order chi connectivity index (χ0) is 13.9. The molecule has 0 fully saturated rings. The van der Waals surface area contributed by atoms with Gasteiger partial charge in [0.1, 0.15) is 0 Å². The van der Waals surface area contributed by atoms with Gasteiger partial charge < -0.3 is 0 Å². The molecule has 2 aromatic carbocycles. The van der Waals surface area contributed by atoms with Gasteiger partial charge in [0.25, 0.3) is 0 Å². The van der Waals surface area contributed by atoms with Gasteiger partial charge in [-0.1, -0.05) is 51.8 Å². The maximum atomic E-state index is 5.88. The second-order valence-electron chi connectivity index (χ2n) is 4.32. The highest BCUT2D eigenvalue weighted by Crippen LogP contribution is 2.23. The summed E-state index contributed by atoms with van der Waals surface area (Å²) in [5, 5.41) is 9.27. The van der Waals surface area contributed by atoms with Crippen LogP contribution < -0.4 is 0 Å². The highest BCUT2D eigenvalue weighted by molar-refractivity contribution is 9.10. The Hall–Kier alpha value is -1.71. The van der Waals surface area contributed by atoms with Crippen molar-refractivity contribution in [2.45, 2.75) is 0 Å². The van der Waals surface area contributed by atoms with E-state index < -0.39 is 0 Å². The molecule has 0 unspecified atom stereocenters. The van der Waals surface area contributed by atoms with E-state index in [9.17, 15) is 0 Å². The van der Waals surface area contributed by atoms with Crippen LogP contribution in [0.2, 0.25) is 5.02 Å². The third kappa shape index (κ3) is 2.89. The Balaban J connectivity index is 1.91. The van der Waals surface area contributed by atoms with Crippen molar-refractivity contribution in [3.63, 3.8) is 0 Å². The van der Waals surface area contributed by atoms with Crippen LogP contribution in [0, 0.1) is 0 Å². The number of hydrogen-bond donors (Lipinski definition) is 0. The molecule has 0 radical (unpaired) electrons. The van der Waals surface area contributed by atoms with Gasteiger partial charge in [0.05, 0.1) is 11.4 Å². The molecule has 0 amide bonds. The number of nitrogens with zero attached hydrogens (tertiary/aromatic N) is 2. The van der Waals surface area contributed by atoms with Crippen LogP contribution >= 0.6 is 27.5 Å². The van der Waals surface area contributed by atoms with E-state index >= 15 is 0 Å². The molecule has 1 heterocycles. The fourth-order valence-electron chi connectivity index (χ4n) is 1.88. The van der Waals surface area contributed by atoms with Crippen molar-refractivity contribution in [3.8, 4) is 22.5 Å². The Morgan fingerprint density at radius 1 is 0.650 bits per heavy atom. The Kier molecular flexibility index (Phi) is 3.81. The Morgan fingerprint density at radius 2 is 1.10 bits per heavy atom. The Bertz CT molecular complexity index is 642. The van der Waals surface area contributed by atoms with Gasteiger partial charge in [-0.15, -0.1) is 10.2 Å². The standard InChI is InChI=1S/C16H10BrClN2/c17-13-5-1-11(2-6-13)15-9-10-16(20-19-15)12-3-7-14(18)8-4-12/h1-10H. The number of aromatic nitrogens is 2. The molecule has 0 saturated heterocycles. The summed E-state index contributed by atoms with van der Waals surface area (Å²) in [5.41, 5.74) is 3.74. The second kappa shape index (κ2) is 5.73. The lowest BCUT2D eigenvalue weighted by Crippen LogP contribution is -1.90. The smallest absolute Gasteiger partial charge is 0.0930 e. The lowest BCUT2D eigenvalue weighted by Gasteiger charge is -2.03. The van der Waals surface area contributed by atoms with Crippen LogP contribution in [-0.2, 0) is 0 Å². The van der Waals surface area contributed by atoms with Gasteiger partial charge in [-0.2, -0.15) is 0 Å². The van der Waals surface area contributed by atoms with Gasteiger partial charge in [-0.05, 0) is 36.4 Å². The molecule has 0 spiro atoms. The van der Waals surface area contributed by atoms with Crippen LogP contribution in [-0.4, -0.2) is 10.2 Å². The number of halogens is 2. The third-order valence-corrected chi connectivity index (χ3v) is 3.73. The molecule has 4 heteroatoms. The average molecular weight is 346 g/mol. The van der Waals surface area contributed by atoms with Crippen LogP contribution in [0.5, 0.6) is 0 Å². The summed E-state index contributed by atoms with van der Waals surface area (Å²) in [6.45, 7) is 0. The van der Waals surface area contributed by atoms with E-state index in [1.807, 2.05) is 60.7 Å². The van der Waals surface area contributed by atoms with Crippen molar-refractivity contribution in [1.29, 1.82) is 0 Å². The fourth-order valence-corrected chi connectivity index (χ4v) is 2.27. The summed E-state index contributed by atoms with van der Waals surface area (Å²) in [6, 6.07) is 19.5. The fraction of sp³-hybridized carbons (Fsp3) is 0. The SMILES string of the molecule is Clc1ccc(-c2ccc(-c3ccc(Br)cc3)nn2)cc1. The monoisotopic (exact) mass is 344 g/mol. The van der Waals surface area contributed by atoms with Crippen LogP contribution in [0.3, 0.4) is 0 Å². The zero-order valence-corrected chi connectivity index (χ0v) is 12.8. The molecule has 1 aromatic heterocycles. The van der Waals surface area contributed by atoms with Gasteiger partial charge in [-0.25, -0.2) is 0 Å². The zero-order valence-electron chi connectivity index (χ0n) is 10.4. The van der Waals surface area contributed by atoms with E-state index in [1.165, 1.54) is 0 Å². The normalized spacial score (nSPS) is 10.5. The van der Waals surface area contributed by atoms with Crippen LogP contribution in [0.4, 0.5) is 0 Å². The second-order valence-corrected chi connectivity index (χ2v) is 5.67. The summed E-state index contributed by atoms with van der Waals surface area (Å²) in [6.07, 6.45) is 0.